The molecule has 1 unspecified atom stereocenters. The minimum atomic E-state index is 0.157. The molecule has 3 nitrogen and oxygen atoms in total. The van der Waals surface area contributed by atoms with E-state index in [2.05, 4.69) is 80.3 Å². The Morgan fingerprint density at radius 2 is 1.54 bits per heavy atom. The molecule has 128 valence electrons. The second kappa shape index (κ2) is 8.77. The van der Waals surface area contributed by atoms with E-state index in [1.807, 2.05) is 0 Å². The standard InChI is InChI=1S/C20H25BrN2O/c1-24-20(18-5-3-2-4-6-18)16-23-13-11-22(12-14-23)15-17-7-9-19(21)10-8-17/h2-10,20H,11-16H2,1H3. The number of rotatable bonds is 6. The molecule has 0 aliphatic carbocycles. The number of ether oxygens (including phenoxy) is 1. The average molecular weight is 389 g/mol. The van der Waals surface area contributed by atoms with Crippen LogP contribution in [-0.2, 0) is 11.3 Å². The summed E-state index contributed by atoms with van der Waals surface area (Å²) < 4.78 is 6.85. The van der Waals surface area contributed by atoms with Crippen LogP contribution in [0, 0.1) is 0 Å². The smallest absolute Gasteiger partial charge is 0.0947 e. The third-order valence-corrected chi connectivity index (χ3v) is 5.19. The van der Waals surface area contributed by atoms with Crippen LogP contribution in [0.3, 0.4) is 0 Å². The van der Waals surface area contributed by atoms with Gasteiger partial charge in [-0.25, -0.2) is 0 Å². The summed E-state index contributed by atoms with van der Waals surface area (Å²) in [5.74, 6) is 0. The van der Waals surface area contributed by atoms with Gasteiger partial charge < -0.3 is 4.74 Å². The highest BCUT2D eigenvalue weighted by molar-refractivity contribution is 9.10. The van der Waals surface area contributed by atoms with E-state index >= 15 is 0 Å². The van der Waals surface area contributed by atoms with Crippen LogP contribution >= 0.6 is 15.9 Å². The minimum Gasteiger partial charge on any atom is -0.375 e. The molecule has 1 atom stereocenters. The highest BCUT2D eigenvalue weighted by Crippen LogP contribution is 2.19. The fourth-order valence-electron chi connectivity index (χ4n) is 3.20. The van der Waals surface area contributed by atoms with Gasteiger partial charge in [-0.1, -0.05) is 58.4 Å². The largest absolute Gasteiger partial charge is 0.375 e. The Hall–Kier alpha value is -1.20. The zero-order valence-corrected chi connectivity index (χ0v) is 15.8. The normalized spacial score (nSPS) is 17.8. The van der Waals surface area contributed by atoms with E-state index in [9.17, 15) is 0 Å². The lowest BCUT2D eigenvalue weighted by Crippen LogP contribution is -2.47. The summed E-state index contributed by atoms with van der Waals surface area (Å²) in [7, 11) is 1.81. The molecule has 1 heterocycles. The van der Waals surface area contributed by atoms with Crippen molar-refractivity contribution in [3.63, 3.8) is 0 Å². The third-order valence-electron chi connectivity index (χ3n) is 4.66. The van der Waals surface area contributed by atoms with Crippen molar-refractivity contribution in [2.75, 3.05) is 39.8 Å². The zero-order chi connectivity index (χ0) is 16.8. The van der Waals surface area contributed by atoms with Gasteiger partial charge in [-0.15, -0.1) is 0 Å². The van der Waals surface area contributed by atoms with Gasteiger partial charge in [0.2, 0.25) is 0 Å². The van der Waals surface area contributed by atoms with Gasteiger partial charge in [0.25, 0.3) is 0 Å². The van der Waals surface area contributed by atoms with Gasteiger partial charge in [-0.05, 0) is 23.3 Å². The van der Waals surface area contributed by atoms with Crippen LogP contribution < -0.4 is 0 Å². The van der Waals surface area contributed by atoms with Crippen LogP contribution in [0.15, 0.2) is 59.1 Å². The molecular weight excluding hydrogens is 364 g/mol. The molecule has 4 heteroatoms. The molecule has 0 radical (unpaired) electrons. The molecule has 24 heavy (non-hydrogen) atoms. The monoisotopic (exact) mass is 388 g/mol. The quantitative estimate of drug-likeness (QED) is 0.744. The van der Waals surface area contributed by atoms with Crippen molar-refractivity contribution in [1.29, 1.82) is 0 Å². The Kier molecular flexibility index (Phi) is 6.44. The van der Waals surface area contributed by atoms with E-state index in [1.165, 1.54) is 11.1 Å². The van der Waals surface area contributed by atoms with Crippen LogP contribution in [0.25, 0.3) is 0 Å². The van der Waals surface area contributed by atoms with Gasteiger partial charge in [0.15, 0.2) is 0 Å². The Balaban J connectivity index is 1.48. The number of halogens is 1. The number of benzene rings is 2. The number of hydrogen-bond donors (Lipinski definition) is 0. The molecule has 2 aromatic rings. The van der Waals surface area contributed by atoms with Crippen molar-refractivity contribution in [1.82, 2.24) is 9.80 Å². The van der Waals surface area contributed by atoms with E-state index in [4.69, 9.17) is 4.74 Å². The SMILES string of the molecule is COC(CN1CCN(Cc2ccc(Br)cc2)CC1)c1ccccc1. The predicted molar refractivity (Wildman–Crippen MR) is 102 cm³/mol. The number of hydrogen-bond acceptors (Lipinski definition) is 3. The van der Waals surface area contributed by atoms with Crippen molar-refractivity contribution in [3.8, 4) is 0 Å². The molecule has 0 bridgehead atoms. The average Bonchev–Trinajstić information content (AvgIpc) is 2.64. The van der Waals surface area contributed by atoms with Crippen LogP contribution in [0.5, 0.6) is 0 Å². The predicted octanol–water partition coefficient (Wildman–Crippen LogP) is 3.95. The molecule has 1 saturated heterocycles. The lowest BCUT2D eigenvalue weighted by atomic mass is 10.1. The topological polar surface area (TPSA) is 15.7 Å². The molecule has 1 fully saturated rings. The zero-order valence-electron chi connectivity index (χ0n) is 14.2. The van der Waals surface area contributed by atoms with Crippen LogP contribution in [-0.4, -0.2) is 49.6 Å². The summed E-state index contributed by atoms with van der Waals surface area (Å²) in [5, 5.41) is 0. The number of nitrogens with zero attached hydrogens (tertiary/aromatic N) is 2. The first kappa shape index (κ1) is 17.6. The molecule has 0 saturated carbocycles. The van der Waals surface area contributed by atoms with Crippen molar-refractivity contribution >= 4 is 15.9 Å². The van der Waals surface area contributed by atoms with Crippen molar-refractivity contribution in [2.24, 2.45) is 0 Å². The Bertz CT molecular complexity index is 609. The summed E-state index contributed by atoms with van der Waals surface area (Å²) in [5.41, 5.74) is 2.64. The van der Waals surface area contributed by atoms with E-state index in [0.717, 1.165) is 43.7 Å². The second-order valence-corrected chi connectivity index (χ2v) is 7.25. The summed E-state index contributed by atoms with van der Waals surface area (Å²) in [4.78, 5) is 5.04. The first-order valence-corrected chi connectivity index (χ1v) is 9.31. The van der Waals surface area contributed by atoms with Crippen molar-refractivity contribution in [3.05, 3.63) is 70.2 Å². The molecule has 0 aromatic heterocycles. The molecular formula is C20H25BrN2O. The summed E-state index contributed by atoms with van der Waals surface area (Å²) in [6.07, 6.45) is 0.157. The lowest BCUT2D eigenvalue weighted by molar-refractivity contribution is 0.0406. The number of methoxy groups -OCH3 is 1. The summed E-state index contributed by atoms with van der Waals surface area (Å²) >= 11 is 3.50. The van der Waals surface area contributed by atoms with Gasteiger partial charge >= 0.3 is 0 Å². The fourth-order valence-corrected chi connectivity index (χ4v) is 3.46. The fraction of sp³-hybridized carbons (Fsp3) is 0.400. The molecule has 3 rings (SSSR count). The van der Waals surface area contributed by atoms with Crippen molar-refractivity contribution in [2.45, 2.75) is 12.6 Å². The van der Waals surface area contributed by atoms with Crippen LogP contribution in [0.1, 0.15) is 17.2 Å². The highest BCUT2D eigenvalue weighted by Gasteiger charge is 2.20. The maximum atomic E-state index is 5.71. The van der Waals surface area contributed by atoms with Crippen LogP contribution in [0.4, 0.5) is 0 Å². The Morgan fingerprint density at radius 3 is 2.17 bits per heavy atom. The van der Waals surface area contributed by atoms with E-state index in [-0.39, 0.29) is 6.10 Å². The van der Waals surface area contributed by atoms with E-state index in [1.54, 1.807) is 7.11 Å². The van der Waals surface area contributed by atoms with Gasteiger partial charge in [0, 0.05) is 50.9 Å². The van der Waals surface area contributed by atoms with E-state index < -0.39 is 0 Å². The van der Waals surface area contributed by atoms with Gasteiger partial charge in [0.1, 0.15) is 0 Å². The van der Waals surface area contributed by atoms with Crippen LogP contribution in [0.2, 0.25) is 0 Å². The highest BCUT2D eigenvalue weighted by atomic mass is 79.9. The first-order valence-electron chi connectivity index (χ1n) is 8.51. The molecule has 1 aliphatic rings. The lowest BCUT2D eigenvalue weighted by Gasteiger charge is -2.36. The molecule has 2 aromatic carbocycles. The van der Waals surface area contributed by atoms with Crippen molar-refractivity contribution < 1.29 is 4.74 Å². The third kappa shape index (κ3) is 4.90. The summed E-state index contributed by atoms with van der Waals surface area (Å²) in [6.45, 7) is 6.43. The maximum absolute atomic E-state index is 5.71. The van der Waals surface area contributed by atoms with Gasteiger partial charge in [-0.2, -0.15) is 0 Å². The second-order valence-electron chi connectivity index (χ2n) is 6.34. The Morgan fingerprint density at radius 1 is 0.917 bits per heavy atom. The molecule has 1 aliphatic heterocycles. The van der Waals surface area contributed by atoms with Gasteiger partial charge in [-0.3, -0.25) is 9.80 Å². The molecule has 0 N–H and O–H groups in total. The molecule has 0 spiro atoms. The maximum Gasteiger partial charge on any atom is 0.0947 e. The molecule has 0 amide bonds. The van der Waals surface area contributed by atoms with Gasteiger partial charge in [0.05, 0.1) is 6.10 Å². The summed E-state index contributed by atoms with van der Waals surface area (Å²) in [6, 6.07) is 19.2. The minimum absolute atomic E-state index is 0.157. The first-order chi connectivity index (χ1) is 11.7. The Labute approximate surface area is 153 Å². The van der Waals surface area contributed by atoms with E-state index in [0.29, 0.717) is 0 Å². The number of piperazine rings is 1.